The Morgan fingerprint density at radius 2 is 2.21 bits per heavy atom. The SMILES string of the molecule is CC1(C(=O)c2cccc3ncccc23)CCCNC1. The molecule has 1 aromatic heterocycles. The maximum atomic E-state index is 12.9. The van der Waals surface area contributed by atoms with Gasteiger partial charge in [-0.05, 0) is 31.5 Å². The lowest BCUT2D eigenvalue weighted by atomic mass is 9.76. The lowest BCUT2D eigenvalue weighted by molar-refractivity contribution is 0.0775. The third-order valence-electron chi connectivity index (χ3n) is 4.04. The molecule has 1 N–H and O–H groups in total. The predicted molar refractivity (Wildman–Crippen MR) is 76.3 cm³/mol. The summed E-state index contributed by atoms with van der Waals surface area (Å²) < 4.78 is 0. The Bertz CT molecular complexity index is 610. The average molecular weight is 254 g/mol. The molecular weight excluding hydrogens is 236 g/mol. The molecule has 0 radical (unpaired) electrons. The number of piperidine rings is 1. The molecule has 1 fully saturated rings. The molecule has 19 heavy (non-hydrogen) atoms. The van der Waals surface area contributed by atoms with Gasteiger partial charge in [0, 0.05) is 29.1 Å². The van der Waals surface area contributed by atoms with E-state index in [4.69, 9.17) is 0 Å². The normalized spacial score (nSPS) is 23.4. The van der Waals surface area contributed by atoms with Crippen molar-refractivity contribution in [2.75, 3.05) is 13.1 Å². The zero-order chi connectivity index (χ0) is 13.3. The molecule has 1 aliphatic rings. The highest BCUT2D eigenvalue weighted by molar-refractivity contribution is 6.10. The van der Waals surface area contributed by atoms with Crippen molar-refractivity contribution < 1.29 is 4.79 Å². The lowest BCUT2D eigenvalue weighted by Gasteiger charge is -2.32. The van der Waals surface area contributed by atoms with Crippen LogP contribution in [0.4, 0.5) is 0 Å². The highest BCUT2D eigenvalue weighted by Crippen LogP contribution is 2.32. The summed E-state index contributed by atoms with van der Waals surface area (Å²) in [6.07, 6.45) is 3.78. The van der Waals surface area contributed by atoms with Gasteiger partial charge < -0.3 is 5.32 Å². The number of aromatic nitrogens is 1. The van der Waals surface area contributed by atoms with Crippen LogP contribution in [0.3, 0.4) is 0 Å². The number of nitrogens with zero attached hydrogens (tertiary/aromatic N) is 1. The first-order valence-electron chi connectivity index (χ1n) is 6.80. The molecule has 0 amide bonds. The van der Waals surface area contributed by atoms with E-state index in [1.807, 2.05) is 30.3 Å². The zero-order valence-electron chi connectivity index (χ0n) is 11.1. The summed E-state index contributed by atoms with van der Waals surface area (Å²) in [6, 6.07) is 9.66. The monoisotopic (exact) mass is 254 g/mol. The van der Waals surface area contributed by atoms with Gasteiger partial charge in [0.1, 0.15) is 0 Å². The third-order valence-corrected chi connectivity index (χ3v) is 4.04. The van der Waals surface area contributed by atoms with Crippen LogP contribution in [-0.2, 0) is 0 Å². The number of hydrogen-bond acceptors (Lipinski definition) is 3. The summed E-state index contributed by atoms with van der Waals surface area (Å²) in [5.41, 5.74) is 1.40. The fourth-order valence-corrected chi connectivity index (χ4v) is 2.88. The summed E-state index contributed by atoms with van der Waals surface area (Å²) in [5.74, 6) is 0.235. The second kappa shape index (κ2) is 4.74. The summed E-state index contributed by atoms with van der Waals surface area (Å²) in [5, 5.41) is 4.30. The number of carbonyl (C=O) groups is 1. The predicted octanol–water partition coefficient (Wildman–Crippen LogP) is 2.81. The van der Waals surface area contributed by atoms with Gasteiger partial charge in [-0.3, -0.25) is 9.78 Å². The number of carbonyl (C=O) groups excluding carboxylic acids is 1. The van der Waals surface area contributed by atoms with Crippen molar-refractivity contribution in [3.05, 3.63) is 42.1 Å². The zero-order valence-corrected chi connectivity index (χ0v) is 11.1. The van der Waals surface area contributed by atoms with Crippen molar-refractivity contribution in [1.82, 2.24) is 10.3 Å². The Labute approximate surface area is 113 Å². The molecule has 3 rings (SSSR count). The van der Waals surface area contributed by atoms with E-state index in [2.05, 4.69) is 17.2 Å². The van der Waals surface area contributed by atoms with E-state index in [0.29, 0.717) is 0 Å². The van der Waals surface area contributed by atoms with Crippen LogP contribution >= 0.6 is 0 Å². The minimum absolute atomic E-state index is 0.235. The molecule has 0 saturated carbocycles. The maximum absolute atomic E-state index is 12.9. The Kier molecular flexibility index (Phi) is 3.07. The molecule has 0 bridgehead atoms. The number of benzene rings is 1. The number of ketones is 1. The van der Waals surface area contributed by atoms with E-state index >= 15 is 0 Å². The number of rotatable bonds is 2. The summed E-state index contributed by atoms with van der Waals surface area (Å²) in [4.78, 5) is 17.2. The highest BCUT2D eigenvalue weighted by Gasteiger charge is 2.35. The highest BCUT2D eigenvalue weighted by atomic mass is 16.1. The molecule has 3 nitrogen and oxygen atoms in total. The van der Waals surface area contributed by atoms with Crippen LogP contribution in [0, 0.1) is 5.41 Å². The number of Topliss-reactive ketones (excluding diaryl/α,β-unsaturated/α-hetero) is 1. The summed E-state index contributed by atoms with van der Waals surface area (Å²) in [7, 11) is 0. The van der Waals surface area contributed by atoms with E-state index in [1.54, 1.807) is 6.20 Å². The largest absolute Gasteiger partial charge is 0.316 e. The Hall–Kier alpha value is -1.74. The molecule has 0 spiro atoms. The van der Waals surface area contributed by atoms with Gasteiger partial charge in [-0.15, -0.1) is 0 Å². The van der Waals surface area contributed by atoms with E-state index in [-0.39, 0.29) is 11.2 Å². The first-order valence-corrected chi connectivity index (χ1v) is 6.80. The third kappa shape index (κ3) is 2.15. The van der Waals surface area contributed by atoms with Gasteiger partial charge in [-0.2, -0.15) is 0 Å². The van der Waals surface area contributed by atoms with E-state index in [1.165, 1.54) is 0 Å². The standard InChI is InChI=1S/C16H18N2O/c1-16(8-4-9-17-11-16)15(19)13-5-2-7-14-12(13)6-3-10-18-14/h2-3,5-7,10,17H,4,8-9,11H2,1H3. The van der Waals surface area contributed by atoms with Crippen LogP contribution in [0.5, 0.6) is 0 Å². The van der Waals surface area contributed by atoms with Crippen LogP contribution in [0.15, 0.2) is 36.5 Å². The summed E-state index contributed by atoms with van der Waals surface area (Å²) >= 11 is 0. The van der Waals surface area contributed by atoms with Crippen molar-refractivity contribution in [3.63, 3.8) is 0 Å². The number of pyridine rings is 1. The second-order valence-electron chi connectivity index (χ2n) is 5.55. The van der Waals surface area contributed by atoms with Gasteiger partial charge in [0.2, 0.25) is 0 Å². The van der Waals surface area contributed by atoms with Crippen LogP contribution in [0.25, 0.3) is 10.9 Å². The first kappa shape index (κ1) is 12.3. The van der Waals surface area contributed by atoms with Crippen molar-refractivity contribution in [1.29, 1.82) is 0 Å². The first-order chi connectivity index (χ1) is 9.21. The van der Waals surface area contributed by atoms with Crippen LogP contribution < -0.4 is 5.32 Å². The molecule has 98 valence electrons. The molecule has 1 aromatic carbocycles. The molecule has 1 aliphatic heterocycles. The molecule has 1 saturated heterocycles. The number of hydrogen-bond donors (Lipinski definition) is 1. The Balaban J connectivity index is 2.06. The fourth-order valence-electron chi connectivity index (χ4n) is 2.88. The average Bonchev–Trinajstić information content (AvgIpc) is 2.47. The van der Waals surface area contributed by atoms with Gasteiger partial charge in [-0.25, -0.2) is 0 Å². The van der Waals surface area contributed by atoms with Gasteiger partial charge in [0.25, 0.3) is 0 Å². The quantitative estimate of drug-likeness (QED) is 0.838. The molecule has 2 aromatic rings. The van der Waals surface area contributed by atoms with E-state index in [9.17, 15) is 4.79 Å². The van der Waals surface area contributed by atoms with Gasteiger partial charge in [0.05, 0.1) is 5.52 Å². The molecule has 0 aliphatic carbocycles. The van der Waals surface area contributed by atoms with Crippen molar-refractivity contribution in [3.8, 4) is 0 Å². The molecular formula is C16H18N2O. The minimum atomic E-state index is -0.289. The number of fused-ring (bicyclic) bond motifs is 1. The fraction of sp³-hybridized carbons (Fsp3) is 0.375. The van der Waals surface area contributed by atoms with Gasteiger partial charge in [-0.1, -0.05) is 25.1 Å². The van der Waals surface area contributed by atoms with E-state index < -0.39 is 0 Å². The molecule has 1 unspecified atom stereocenters. The minimum Gasteiger partial charge on any atom is -0.316 e. The van der Waals surface area contributed by atoms with Gasteiger partial charge in [0.15, 0.2) is 5.78 Å². The second-order valence-corrected chi connectivity index (χ2v) is 5.55. The van der Waals surface area contributed by atoms with E-state index in [0.717, 1.165) is 42.4 Å². The summed E-state index contributed by atoms with van der Waals surface area (Å²) in [6.45, 7) is 3.85. The number of nitrogens with one attached hydrogen (secondary N) is 1. The molecule has 1 atom stereocenters. The smallest absolute Gasteiger partial charge is 0.170 e. The van der Waals surface area contributed by atoms with Crippen molar-refractivity contribution >= 4 is 16.7 Å². The molecule has 2 heterocycles. The maximum Gasteiger partial charge on any atom is 0.170 e. The van der Waals surface area contributed by atoms with Crippen LogP contribution in [-0.4, -0.2) is 23.9 Å². The van der Waals surface area contributed by atoms with Gasteiger partial charge >= 0.3 is 0 Å². The van der Waals surface area contributed by atoms with Crippen LogP contribution in [0.1, 0.15) is 30.1 Å². The topological polar surface area (TPSA) is 42.0 Å². The van der Waals surface area contributed by atoms with Crippen molar-refractivity contribution in [2.45, 2.75) is 19.8 Å². The Morgan fingerprint density at radius 3 is 3.00 bits per heavy atom. The van der Waals surface area contributed by atoms with Crippen molar-refractivity contribution in [2.24, 2.45) is 5.41 Å². The molecule has 3 heteroatoms. The lowest BCUT2D eigenvalue weighted by Crippen LogP contribution is -2.43. The van der Waals surface area contributed by atoms with Crippen LogP contribution in [0.2, 0.25) is 0 Å². The Morgan fingerprint density at radius 1 is 1.32 bits per heavy atom.